The van der Waals surface area contributed by atoms with Crippen molar-refractivity contribution in [3.63, 3.8) is 0 Å². The molecule has 0 aromatic rings. The Bertz CT molecular complexity index is 705. The van der Waals surface area contributed by atoms with Crippen LogP contribution in [-0.4, -0.2) is 22.4 Å². The van der Waals surface area contributed by atoms with Gasteiger partial charge in [0.2, 0.25) is 0 Å². The second-order valence-corrected chi connectivity index (χ2v) is 12.4. The fourth-order valence-corrected chi connectivity index (χ4v) is 8.02. The van der Waals surface area contributed by atoms with Gasteiger partial charge in [-0.15, -0.1) is 0 Å². The molecule has 3 fully saturated rings. The van der Waals surface area contributed by atoms with Gasteiger partial charge in [0.1, 0.15) is 0 Å². The van der Waals surface area contributed by atoms with Crippen molar-refractivity contribution in [2.45, 2.75) is 105 Å². The summed E-state index contributed by atoms with van der Waals surface area (Å²) < 4.78 is 0. The number of fused-ring (bicyclic) bond motifs is 5. The maximum absolute atomic E-state index is 11.1. The van der Waals surface area contributed by atoms with Crippen LogP contribution >= 0.6 is 0 Å². The Balaban J connectivity index is 1.55. The second-order valence-electron chi connectivity index (χ2n) is 12.4. The molecule has 0 aromatic carbocycles. The average molecular weight is 415 g/mol. The second kappa shape index (κ2) is 8.07. The van der Waals surface area contributed by atoms with Gasteiger partial charge in [0.05, 0.1) is 12.2 Å². The molecule has 30 heavy (non-hydrogen) atoms. The SMILES string of the molecule is CC(C)[C@@H](C)C[C@@H](O)[C@@H](C)[C@H]1CC[C@H]2C3=CC=C4C[C@@H](O)CC[C@]4(C)[C@H]3CC[C@]12C. The van der Waals surface area contributed by atoms with Crippen LogP contribution in [0.3, 0.4) is 0 Å². The summed E-state index contributed by atoms with van der Waals surface area (Å²) in [6.45, 7) is 14.2. The molecule has 9 atom stereocenters. The Morgan fingerprint density at radius 1 is 0.967 bits per heavy atom. The molecule has 0 radical (unpaired) electrons. The summed E-state index contributed by atoms with van der Waals surface area (Å²) in [6, 6.07) is 0. The third-order valence-electron chi connectivity index (χ3n) is 10.6. The molecule has 0 bridgehead atoms. The molecule has 2 heteroatoms. The number of aliphatic hydroxyl groups is 2. The van der Waals surface area contributed by atoms with Gasteiger partial charge in [-0.1, -0.05) is 64.8 Å². The zero-order chi connectivity index (χ0) is 21.8. The van der Waals surface area contributed by atoms with E-state index in [1.165, 1.54) is 31.3 Å². The third-order valence-corrected chi connectivity index (χ3v) is 10.6. The van der Waals surface area contributed by atoms with E-state index in [2.05, 4.69) is 53.7 Å². The van der Waals surface area contributed by atoms with E-state index in [1.807, 2.05) is 0 Å². The summed E-state index contributed by atoms with van der Waals surface area (Å²) in [5.41, 5.74) is 3.81. The maximum Gasteiger partial charge on any atom is 0.0578 e. The summed E-state index contributed by atoms with van der Waals surface area (Å²) in [7, 11) is 0. The fraction of sp³-hybridized carbons (Fsp3) is 0.857. The minimum absolute atomic E-state index is 0.139. The first-order valence-electron chi connectivity index (χ1n) is 12.8. The highest BCUT2D eigenvalue weighted by Crippen LogP contribution is 2.66. The van der Waals surface area contributed by atoms with Crippen molar-refractivity contribution in [2.24, 2.45) is 46.3 Å². The van der Waals surface area contributed by atoms with Crippen LogP contribution in [0.4, 0.5) is 0 Å². The van der Waals surface area contributed by atoms with Crippen LogP contribution in [0.15, 0.2) is 23.3 Å². The van der Waals surface area contributed by atoms with Crippen molar-refractivity contribution < 1.29 is 10.2 Å². The van der Waals surface area contributed by atoms with E-state index in [1.54, 1.807) is 5.57 Å². The number of hydrogen-bond donors (Lipinski definition) is 2. The maximum atomic E-state index is 11.1. The lowest BCUT2D eigenvalue weighted by atomic mass is 9.50. The van der Waals surface area contributed by atoms with E-state index in [9.17, 15) is 10.2 Å². The minimum atomic E-state index is -0.176. The highest BCUT2D eigenvalue weighted by Gasteiger charge is 2.57. The molecule has 0 amide bonds. The largest absolute Gasteiger partial charge is 0.393 e. The monoisotopic (exact) mass is 414 g/mol. The lowest BCUT2D eigenvalue weighted by Gasteiger charge is -2.55. The van der Waals surface area contributed by atoms with Crippen LogP contribution in [0, 0.1) is 46.3 Å². The van der Waals surface area contributed by atoms with Crippen LogP contribution in [0.1, 0.15) is 92.9 Å². The first kappa shape index (κ1) is 22.6. The molecule has 4 aliphatic carbocycles. The highest BCUT2D eigenvalue weighted by molar-refractivity contribution is 5.38. The summed E-state index contributed by atoms with van der Waals surface area (Å²) in [5.74, 6) is 3.58. The Labute approximate surface area is 185 Å². The van der Waals surface area contributed by atoms with E-state index >= 15 is 0 Å². The van der Waals surface area contributed by atoms with Gasteiger partial charge in [-0.05, 0) is 97.7 Å². The number of allylic oxidation sites excluding steroid dienone is 3. The molecule has 0 heterocycles. The van der Waals surface area contributed by atoms with Gasteiger partial charge in [0, 0.05) is 0 Å². The van der Waals surface area contributed by atoms with Crippen molar-refractivity contribution in [3.05, 3.63) is 23.3 Å². The standard InChI is InChI=1S/C28H46O2/c1-17(2)18(3)15-26(30)19(4)23-9-10-24-22-8-7-20-16-21(29)11-13-27(20,5)25(22)12-14-28(23,24)6/h7-8,17-19,21,23-26,29-30H,9-16H2,1-6H3/t18-,19-,21-,23+,24-,25-,26+,27-,28+/m0/s1. The first-order chi connectivity index (χ1) is 14.1. The van der Waals surface area contributed by atoms with E-state index in [0.717, 1.165) is 25.7 Å². The molecular weight excluding hydrogens is 368 g/mol. The quantitative estimate of drug-likeness (QED) is 0.537. The van der Waals surface area contributed by atoms with Crippen LogP contribution in [0.2, 0.25) is 0 Å². The van der Waals surface area contributed by atoms with Crippen molar-refractivity contribution in [2.75, 3.05) is 0 Å². The highest BCUT2D eigenvalue weighted by atomic mass is 16.3. The van der Waals surface area contributed by atoms with Crippen LogP contribution in [0.5, 0.6) is 0 Å². The molecule has 0 unspecified atom stereocenters. The Morgan fingerprint density at radius 2 is 1.70 bits per heavy atom. The van der Waals surface area contributed by atoms with Gasteiger partial charge >= 0.3 is 0 Å². The molecule has 4 rings (SSSR count). The van der Waals surface area contributed by atoms with Crippen LogP contribution in [-0.2, 0) is 0 Å². The van der Waals surface area contributed by atoms with Crippen LogP contribution < -0.4 is 0 Å². The summed E-state index contributed by atoms with van der Waals surface area (Å²) in [5, 5.41) is 21.3. The molecule has 0 saturated heterocycles. The van der Waals surface area contributed by atoms with Gasteiger partial charge in [0.15, 0.2) is 0 Å². The smallest absolute Gasteiger partial charge is 0.0578 e. The molecule has 170 valence electrons. The summed E-state index contributed by atoms with van der Waals surface area (Å²) >= 11 is 0. The fourth-order valence-electron chi connectivity index (χ4n) is 8.02. The van der Waals surface area contributed by atoms with Gasteiger partial charge < -0.3 is 10.2 Å². The normalized spacial score (nSPS) is 43.8. The van der Waals surface area contributed by atoms with Crippen molar-refractivity contribution >= 4 is 0 Å². The van der Waals surface area contributed by atoms with Crippen LogP contribution in [0.25, 0.3) is 0 Å². The van der Waals surface area contributed by atoms with E-state index in [0.29, 0.717) is 40.9 Å². The van der Waals surface area contributed by atoms with Gasteiger partial charge in [-0.2, -0.15) is 0 Å². The van der Waals surface area contributed by atoms with Crippen molar-refractivity contribution in [1.29, 1.82) is 0 Å². The molecule has 4 aliphatic rings. The predicted molar refractivity (Wildman–Crippen MR) is 125 cm³/mol. The van der Waals surface area contributed by atoms with Gasteiger partial charge in [0.25, 0.3) is 0 Å². The number of hydrogen-bond acceptors (Lipinski definition) is 2. The van der Waals surface area contributed by atoms with E-state index in [-0.39, 0.29) is 17.6 Å². The van der Waals surface area contributed by atoms with Crippen molar-refractivity contribution in [3.8, 4) is 0 Å². The Hall–Kier alpha value is -0.600. The number of rotatable bonds is 5. The predicted octanol–water partition coefficient (Wildman–Crippen LogP) is 6.53. The first-order valence-corrected chi connectivity index (χ1v) is 12.8. The minimum Gasteiger partial charge on any atom is -0.393 e. The average Bonchev–Trinajstić information content (AvgIpc) is 3.04. The van der Waals surface area contributed by atoms with E-state index in [4.69, 9.17) is 0 Å². The molecule has 0 spiro atoms. The van der Waals surface area contributed by atoms with Gasteiger partial charge in [-0.3, -0.25) is 0 Å². The molecule has 3 saturated carbocycles. The zero-order valence-corrected chi connectivity index (χ0v) is 20.3. The molecule has 2 N–H and O–H groups in total. The Kier molecular flexibility index (Phi) is 6.08. The van der Waals surface area contributed by atoms with Gasteiger partial charge in [-0.25, -0.2) is 0 Å². The lowest BCUT2D eigenvalue weighted by molar-refractivity contribution is -0.00814. The third kappa shape index (κ3) is 3.54. The van der Waals surface area contributed by atoms with Crippen molar-refractivity contribution in [1.82, 2.24) is 0 Å². The summed E-state index contributed by atoms with van der Waals surface area (Å²) in [4.78, 5) is 0. The topological polar surface area (TPSA) is 40.5 Å². The number of aliphatic hydroxyl groups excluding tert-OH is 2. The molecule has 0 aliphatic heterocycles. The molecule has 2 nitrogen and oxygen atoms in total. The molecule has 0 aromatic heterocycles. The van der Waals surface area contributed by atoms with E-state index < -0.39 is 0 Å². The zero-order valence-electron chi connectivity index (χ0n) is 20.3. The Morgan fingerprint density at radius 3 is 2.40 bits per heavy atom. The lowest BCUT2D eigenvalue weighted by Crippen LogP contribution is -2.47. The molecular formula is C28H46O2. The summed E-state index contributed by atoms with van der Waals surface area (Å²) in [6.07, 6.45) is 13.6.